The number of methoxy groups -OCH3 is 5. The van der Waals surface area contributed by atoms with Gasteiger partial charge in [-0.25, -0.2) is 34.8 Å². The number of aldehydes is 3. The number of fused-ring (bicyclic) bond motifs is 2. The molecule has 0 saturated carbocycles. The maximum absolute atomic E-state index is 13.4. The first-order chi connectivity index (χ1) is 68.2. The predicted octanol–water partition coefficient (Wildman–Crippen LogP) is 11.2. The van der Waals surface area contributed by atoms with Crippen molar-refractivity contribution in [2.24, 2.45) is 11.5 Å². The number of carboxylic acids is 1. The second-order valence-electron chi connectivity index (χ2n) is 24.3. The van der Waals surface area contributed by atoms with Crippen LogP contribution in [0.3, 0.4) is 0 Å². The minimum absolute atomic E-state index is 0. The number of benzene rings is 8. The summed E-state index contributed by atoms with van der Waals surface area (Å²) in [6.45, 7) is -20.8. The van der Waals surface area contributed by atoms with Gasteiger partial charge < -0.3 is 89.9 Å². The number of carbonyl (C=O) groups is 10. The molecule has 2 aliphatic rings. The fraction of sp³-hybridized carbons (Fsp3) is 0.318. The summed E-state index contributed by atoms with van der Waals surface area (Å²) >= 11 is 0. The molecule has 3 atom stereocenters. The molecule has 0 saturated heterocycles. The number of nitrogens with one attached hydrogen (secondary N) is 2. The van der Waals surface area contributed by atoms with E-state index in [0.29, 0.717) is 41.2 Å². The van der Waals surface area contributed by atoms with Crippen LogP contribution in [-0.4, -0.2) is 216 Å². The summed E-state index contributed by atoms with van der Waals surface area (Å²) in [4.78, 5) is 112. The van der Waals surface area contributed by atoms with E-state index in [2.05, 4.69) is 24.8 Å². The number of alkyl halides is 1. The van der Waals surface area contributed by atoms with E-state index in [1.54, 1.807) is 12.1 Å². The van der Waals surface area contributed by atoms with E-state index in [0.717, 1.165) is 54.9 Å². The number of halogens is 1. The molecule has 0 aromatic heterocycles. The second-order valence-corrected chi connectivity index (χ2v) is 30.8. The largest absolute Gasteiger partial charge is 0.504 e. The van der Waals surface area contributed by atoms with Crippen molar-refractivity contribution in [3.8, 4) is 69.0 Å². The number of anilines is 2. The summed E-state index contributed by atoms with van der Waals surface area (Å²) < 4.78 is 322. The van der Waals surface area contributed by atoms with Crippen LogP contribution in [0.15, 0.2) is 146 Å². The zero-order chi connectivity index (χ0) is 116. The van der Waals surface area contributed by atoms with Crippen molar-refractivity contribution < 1.29 is 182 Å². The van der Waals surface area contributed by atoms with Crippen molar-refractivity contribution in [1.29, 1.82) is 0 Å². The maximum atomic E-state index is 13.4. The lowest BCUT2D eigenvalue weighted by Crippen LogP contribution is -2.37. The Morgan fingerprint density at radius 3 is 1.21 bits per heavy atom. The third-order valence-electron chi connectivity index (χ3n) is 15.0. The number of esters is 2. The third kappa shape index (κ3) is 38.3. The van der Waals surface area contributed by atoms with Crippen LogP contribution < -0.4 is 64.7 Å². The number of aliphatic carboxylic acids is 1. The normalized spacial score (nSPS) is 15.9. The minimum Gasteiger partial charge on any atom is -0.504 e. The number of hydrogen-bond donors (Lipinski definition) is 8. The van der Waals surface area contributed by atoms with Crippen molar-refractivity contribution in [3.05, 3.63) is 201 Å². The number of sulfone groups is 3. The van der Waals surface area contributed by atoms with Gasteiger partial charge in [0.05, 0.1) is 146 Å². The van der Waals surface area contributed by atoms with Crippen LogP contribution in [0.5, 0.6) is 69.0 Å². The molecule has 2 aliphatic heterocycles. The maximum Gasteiger partial charge on any atom is 0.349 e. The van der Waals surface area contributed by atoms with Gasteiger partial charge in [0.1, 0.15) is 48.4 Å². The van der Waals surface area contributed by atoms with E-state index >= 15 is 0 Å². The fourth-order valence-corrected chi connectivity index (χ4v) is 12.6. The number of carboxylic acid groups (broad SMARTS) is 1. The number of rotatable bonds is 28. The van der Waals surface area contributed by atoms with Gasteiger partial charge in [0.2, 0.25) is 11.8 Å². The van der Waals surface area contributed by atoms with Crippen LogP contribution in [0.2, 0.25) is 0 Å². The average molecular weight is 1890 g/mol. The number of hydrogen-bond acceptors (Lipinski definition) is 31. The lowest BCUT2D eigenvalue weighted by molar-refractivity contribution is -0.134. The first-order valence-electron chi connectivity index (χ1n) is 47.5. The molecular weight excluding hydrogens is 1750 g/mol. The molecule has 8 aromatic rings. The van der Waals surface area contributed by atoms with E-state index in [-0.39, 0.29) is 154 Å². The van der Waals surface area contributed by atoms with E-state index in [1.807, 2.05) is 0 Å². The van der Waals surface area contributed by atoms with Gasteiger partial charge >= 0.3 is 11.9 Å². The number of nitrogens with two attached hydrogens (primary N) is 2. The molecule has 126 heavy (non-hydrogen) atoms. The number of carbonyl (C=O) groups excluding carboxylic acids is 9. The zero-order valence-electron chi connectivity index (χ0n) is 94.3. The molecule has 1 unspecified atom stereocenters. The summed E-state index contributed by atoms with van der Waals surface area (Å²) in [7, 11) is -13.1. The van der Waals surface area contributed by atoms with Gasteiger partial charge in [0.25, 0.3) is 17.8 Å². The molecule has 0 radical (unpaired) electrons. The monoisotopic (exact) mass is 1890 g/mol. The topological polar surface area (TPSA) is 526 Å². The van der Waals surface area contributed by atoms with Crippen molar-refractivity contribution in [2.75, 3.05) is 115 Å². The molecule has 0 aliphatic carbocycles. The summed E-state index contributed by atoms with van der Waals surface area (Å²) in [5.74, 6) is -8.51. The third-order valence-corrected chi connectivity index (χ3v) is 17.9. The van der Waals surface area contributed by atoms with Gasteiger partial charge in [-0.05, 0) is 159 Å². The number of amides is 4. The Balaban J connectivity index is 0. The SMILES string of the molecule is C.CC(=O)Nc1cccc2c1C(=O)OC2=O.CC(=O)O.O=Cc1ccc(O)c(O)c1.S.S.[2H]C([2H])([2H])C([2H])([2H])Oc1cc(C(N)CS(C)(=O)=O)ccc1OC.[2H]C([2H])([2H])C([2H])([2H])Oc1cc([C@@H](CS(C)(=O)=O)N2C(=O)c3cccc(NC(C)=O)c3C2=O)ccc1OC.[2H]C([2H])([2H])C([2H])([2H])Oc1cc([C@H](N)CS(C)(=O)=O)ccc1OC.[2H]C([2H])([2H])Oc1ccc(C=O)cc1O.[2H]C([2H])([2H])Oc1ccc(C=O)cc1OC([2H])([2H])C([2H])([2H])[2H].[2H]CF. The summed E-state index contributed by atoms with van der Waals surface area (Å²) in [5.41, 5.74) is 13.5. The Morgan fingerprint density at radius 1 is 0.476 bits per heavy atom. The predicted molar refractivity (Wildman–Crippen MR) is 483 cm³/mol. The van der Waals surface area contributed by atoms with Gasteiger partial charge in [0, 0.05) is 84.8 Å². The number of phenols is 3. The highest BCUT2D eigenvalue weighted by Gasteiger charge is 2.44. The number of imide groups is 1. The van der Waals surface area contributed by atoms with Crippen molar-refractivity contribution in [2.45, 2.75) is 73.7 Å². The fourth-order valence-electron chi connectivity index (χ4n) is 10.0. The quantitative estimate of drug-likeness (QED) is 0.00742. The molecule has 41 heteroatoms. The van der Waals surface area contributed by atoms with E-state index in [9.17, 15) is 77.9 Å². The lowest BCUT2D eigenvalue weighted by atomic mass is 10.1. The Hall–Kier alpha value is -12.5. The van der Waals surface area contributed by atoms with Crippen molar-refractivity contribution in [3.63, 3.8) is 0 Å². The molecule has 0 bridgehead atoms. The average Bonchev–Trinajstić information content (AvgIpc) is 1.59. The molecule has 4 amide bonds. The first-order valence-corrected chi connectivity index (χ1v) is 40.0. The molecular formula is C85H110FN5O30S5. The molecule has 8 aromatic carbocycles. The van der Waals surface area contributed by atoms with Crippen LogP contribution in [0.4, 0.5) is 15.8 Å². The standard InChI is InChI=1S/C22H24N2O7S.2C12H19NO4S.C10H7NO4.C10H12O3.C8H8O3.C7H6O3.C2H4O2.CH3F.CH4.2H2S/c1-5-31-19-11-14(9-10-18(19)30-3)17(12-32(4,28)29)24-21(26)15-7-6-8-16(23-13(2)25)20(15)22(24)27;2*1-4-17-12-7-9(5-6-11(12)16-2)10(13)8-18(3,14)15;1-5(12)11-7-4-2-3-6-8(7)10(14)15-9(6)13;1-3-13-10-6-8(7-11)4-5-9(10)12-2;1-11-8-3-2-6(5-9)4-7(8)10;8-4-5-1-2-6(9)7(10)3-5;1-2(3)4;1-2;;;/h6-11,17H,5,12H2,1-4H3,(H,23,25);2*5-7,10H,4,8,13H2,1-3H3;2-4H,1H3,(H,11,12);4-7H,3H2,1-2H3;2-5,10H,1H3;1-4,9-10H;1H3,(H,3,4);1H3;1H4;2*1H2/t17-;10-;;;;;;;;;;/m11........../s1/i1D3,5D2;2*1D3,4D2;;1D3,2D3,3D2;1D3;;;1D;;;. The number of cyclic esters (lactones) is 2. The van der Waals surface area contributed by atoms with E-state index < -0.39 is 175 Å². The minimum atomic E-state index is -3.81. The molecule has 2 heterocycles. The molecule has 35 nitrogen and oxygen atoms in total. The van der Waals surface area contributed by atoms with Crippen molar-refractivity contribution in [1.82, 2.24) is 4.90 Å². The summed E-state index contributed by atoms with van der Waals surface area (Å²) in [6.07, 6.45) is 4.55. The van der Waals surface area contributed by atoms with Gasteiger partial charge in [-0.2, -0.15) is 27.0 Å². The second kappa shape index (κ2) is 57.1. The van der Waals surface area contributed by atoms with E-state index in [4.69, 9.17) is 102 Å². The van der Waals surface area contributed by atoms with Gasteiger partial charge in [0.15, 0.2) is 69.0 Å². The smallest absolute Gasteiger partial charge is 0.349 e. The molecule has 10 rings (SSSR count). The Labute approximate surface area is 783 Å². The Kier molecular flexibility index (Phi) is 33.9. The molecule has 0 fully saturated rings. The summed E-state index contributed by atoms with van der Waals surface area (Å²) in [5, 5.41) is 39.2. The van der Waals surface area contributed by atoms with Crippen LogP contribution in [0.1, 0.15) is 200 Å². The number of phenolic OH excluding ortho intramolecular Hbond substituents is 3. The number of ether oxygens (including phenoxy) is 10. The summed E-state index contributed by atoms with van der Waals surface area (Å²) in [6, 6.07) is 28.7. The lowest BCUT2D eigenvalue weighted by Gasteiger charge is -2.27. The number of aromatic hydroxyl groups is 3. The zero-order valence-corrected chi connectivity index (χ0v) is 71.7. The number of nitrogens with zero attached hydrogens (tertiary/aromatic N) is 1. The molecule has 10 N–H and O–H groups in total. The van der Waals surface area contributed by atoms with Crippen LogP contribution >= 0.6 is 27.0 Å². The van der Waals surface area contributed by atoms with Gasteiger partial charge in [-0.1, -0.05) is 37.8 Å². The van der Waals surface area contributed by atoms with Crippen LogP contribution in [0, 0.1) is 0 Å². The highest BCUT2D eigenvalue weighted by Crippen LogP contribution is 2.40. The van der Waals surface area contributed by atoms with Crippen LogP contribution in [0.25, 0.3) is 0 Å². The van der Waals surface area contributed by atoms with Gasteiger partial charge in [-0.15, -0.1) is 0 Å². The highest BCUT2D eigenvalue weighted by molar-refractivity contribution is 7.91. The Bertz CT molecular complexity index is 6370. The van der Waals surface area contributed by atoms with E-state index in [1.165, 1.54) is 144 Å². The first kappa shape index (κ1) is 74.8. The van der Waals surface area contributed by atoms with Gasteiger partial charge in [-0.3, -0.25) is 47.6 Å². The molecule has 692 valence electrons. The molecule has 0 spiro atoms. The van der Waals surface area contributed by atoms with Crippen LogP contribution in [-0.2, 0) is 48.6 Å². The highest BCUT2D eigenvalue weighted by atomic mass is 32.2. The van der Waals surface area contributed by atoms with Crippen molar-refractivity contribution >= 4 is 128 Å². The Morgan fingerprint density at radius 2 is 0.825 bits per heavy atom.